The van der Waals surface area contributed by atoms with Crippen LogP contribution in [-0.4, -0.2) is 5.75 Å². The zero-order valence-corrected chi connectivity index (χ0v) is 6.66. The van der Waals surface area contributed by atoms with Gasteiger partial charge in [0, 0.05) is 5.75 Å². The molecule has 50 valence electrons. The van der Waals surface area contributed by atoms with Crippen molar-refractivity contribution in [1.29, 1.82) is 0 Å². The molecule has 8 heavy (non-hydrogen) atoms. The second-order valence-corrected chi connectivity index (χ2v) is 3.22. The van der Waals surface area contributed by atoms with Gasteiger partial charge in [-0.2, -0.15) is 0 Å². The summed E-state index contributed by atoms with van der Waals surface area (Å²) < 4.78 is 0. The maximum atomic E-state index is 5.28. The van der Waals surface area contributed by atoms with Crippen LogP contribution in [-0.2, 0) is 0 Å². The highest BCUT2D eigenvalue weighted by atomic mass is 32.2. The number of rotatable bonds is 3. The van der Waals surface area contributed by atoms with Crippen molar-refractivity contribution < 1.29 is 0 Å². The lowest BCUT2D eigenvalue weighted by atomic mass is 10.0. The Balaban J connectivity index is 3.17. The molecule has 0 saturated carbocycles. The van der Waals surface area contributed by atoms with E-state index >= 15 is 0 Å². The molecule has 0 spiro atoms. The fourth-order valence-corrected chi connectivity index (χ4v) is 1.03. The zero-order valence-electron chi connectivity index (χ0n) is 5.85. The summed E-state index contributed by atoms with van der Waals surface area (Å²) in [5.74, 6) is 2.61. The normalized spacial score (nSPS) is 14.6. The van der Waals surface area contributed by atoms with Gasteiger partial charge >= 0.3 is 0 Å². The third kappa shape index (κ3) is 3.33. The fourth-order valence-electron chi connectivity index (χ4n) is 0.344. The summed E-state index contributed by atoms with van der Waals surface area (Å²) in [5, 5.41) is 5.28. The molecule has 0 radical (unpaired) electrons. The van der Waals surface area contributed by atoms with E-state index < -0.39 is 0 Å². The molecule has 0 fully saturated rings. The van der Waals surface area contributed by atoms with E-state index in [1.165, 1.54) is 11.9 Å². The average molecular weight is 133 g/mol. The Morgan fingerprint density at radius 1 is 1.38 bits per heavy atom. The predicted octanol–water partition coefficient (Wildman–Crippen LogP) is 1.89. The van der Waals surface area contributed by atoms with Gasteiger partial charge < -0.3 is 0 Å². The first-order valence-electron chi connectivity index (χ1n) is 3.00. The molecule has 0 aliphatic rings. The summed E-state index contributed by atoms with van der Waals surface area (Å²) in [6, 6.07) is 0. The monoisotopic (exact) mass is 133 g/mol. The Morgan fingerprint density at radius 2 is 1.88 bits per heavy atom. The summed E-state index contributed by atoms with van der Waals surface area (Å²) in [4.78, 5) is 0. The maximum Gasteiger partial charge on any atom is 0.0105 e. The van der Waals surface area contributed by atoms with Gasteiger partial charge in [-0.1, -0.05) is 32.7 Å². The standard InChI is InChI=1S/C6H15NS/c1-5(2)6(3)4-8-7/h5-6H,4,7H2,1-3H3. The fraction of sp³-hybridized carbons (Fsp3) is 1.00. The Morgan fingerprint density at radius 3 is 2.00 bits per heavy atom. The first-order chi connectivity index (χ1) is 3.68. The second kappa shape index (κ2) is 4.21. The molecule has 2 heteroatoms. The van der Waals surface area contributed by atoms with Crippen LogP contribution in [0.1, 0.15) is 20.8 Å². The van der Waals surface area contributed by atoms with E-state index in [0.29, 0.717) is 0 Å². The minimum atomic E-state index is 0.755. The van der Waals surface area contributed by atoms with Gasteiger partial charge in [0.1, 0.15) is 0 Å². The SMILES string of the molecule is CC(C)C(C)CSN. The van der Waals surface area contributed by atoms with Crippen LogP contribution in [0, 0.1) is 11.8 Å². The molecule has 0 aliphatic carbocycles. The van der Waals surface area contributed by atoms with Gasteiger partial charge in [-0.25, -0.2) is 0 Å². The molecule has 0 amide bonds. The van der Waals surface area contributed by atoms with Crippen molar-refractivity contribution in [1.82, 2.24) is 0 Å². The molecule has 0 aromatic carbocycles. The molecule has 0 aromatic heterocycles. The van der Waals surface area contributed by atoms with Crippen LogP contribution in [0.25, 0.3) is 0 Å². The van der Waals surface area contributed by atoms with E-state index in [2.05, 4.69) is 20.8 Å². The van der Waals surface area contributed by atoms with Gasteiger partial charge in [-0.3, -0.25) is 5.14 Å². The third-order valence-corrected chi connectivity index (χ3v) is 2.22. The Kier molecular flexibility index (Phi) is 4.38. The van der Waals surface area contributed by atoms with Crippen LogP contribution in [0.2, 0.25) is 0 Å². The molecular formula is C6H15NS. The van der Waals surface area contributed by atoms with Crippen LogP contribution in [0.4, 0.5) is 0 Å². The van der Waals surface area contributed by atoms with Gasteiger partial charge in [0.25, 0.3) is 0 Å². The van der Waals surface area contributed by atoms with Crippen molar-refractivity contribution in [3.63, 3.8) is 0 Å². The van der Waals surface area contributed by atoms with E-state index in [0.717, 1.165) is 17.6 Å². The molecule has 1 unspecified atom stereocenters. The van der Waals surface area contributed by atoms with E-state index in [-0.39, 0.29) is 0 Å². The van der Waals surface area contributed by atoms with Gasteiger partial charge in [-0.15, -0.1) is 0 Å². The smallest absolute Gasteiger partial charge is 0.0105 e. The number of hydrogen-bond acceptors (Lipinski definition) is 2. The Labute approximate surface area is 56.2 Å². The predicted molar refractivity (Wildman–Crippen MR) is 40.6 cm³/mol. The summed E-state index contributed by atoms with van der Waals surface area (Å²) >= 11 is 1.44. The molecule has 2 N–H and O–H groups in total. The van der Waals surface area contributed by atoms with E-state index in [9.17, 15) is 0 Å². The van der Waals surface area contributed by atoms with Crippen molar-refractivity contribution in [2.75, 3.05) is 5.75 Å². The first kappa shape index (κ1) is 8.31. The average Bonchev–Trinajstić information content (AvgIpc) is 1.67. The van der Waals surface area contributed by atoms with Gasteiger partial charge in [-0.05, 0) is 11.8 Å². The largest absolute Gasteiger partial charge is 0.278 e. The zero-order chi connectivity index (χ0) is 6.57. The highest BCUT2D eigenvalue weighted by Gasteiger charge is 2.04. The highest BCUT2D eigenvalue weighted by Crippen LogP contribution is 2.12. The lowest BCUT2D eigenvalue weighted by Gasteiger charge is -2.12. The molecular weight excluding hydrogens is 118 g/mol. The summed E-state index contributed by atoms with van der Waals surface area (Å²) in [6.07, 6.45) is 0. The summed E-state index contributed by atoms with van der Waals surface area (Å²) in [5.41, 5.74) is 0. The summed E-state index contributed by atoms with van der Waals surface area (Å²) in [7, 11) is 0. The van der Waals surface area contributed by atoms with Crippen LogP contribution < -0.4 is 5.14 Å². The number of hydrogen-bond donors (Lipinski definition) is 1. The number of nitrogens with two attached hydrogens (primary N) is 1. The minimum Gasteiger partial charge on any atom is -0.278 e. The van der Waals surface area contributed by atoms with E-state index in [1.54, 1.807) is 0 Å². The third-order valence-electron chi connectivity index (χ3n) is 1.50. The lowest BCUT2D eigenvalue weighted by molar-refractivity contribution is 0.465. The van der Waals surface area contributed by atoms with Gasteiger partial charge in [0.2, 0.25) is 0 Å². The first-order valence-corrected chi connectivity index (χ1v) is 4.05. The van der Waals surface area contributed by atoms with Gasteiger partial charge in [0.05, 0.1) is 0 Å². The molecule has 0 bridgehead atoms. The molecule has 1 nitrogen and oxygen atoms in total. The van der Waals surface area contributed by atoms with Crippen molar-refractivity contribution in [2.45, 2.75) is 20.8 Å². The van der Waals surface area contributed by atoms with E-state index in [4.69, 9.17) is 5.14 Å². The van der Waals surface area contributed by atoms with E-state index in [1.807, 2.05) is 0 Å². The minimum absolute atomic E-state index is 0.755. The maximum absolute atomic E-state index is 5.28. The van der Waals surface area contributed by atoms with Crippen molar-refractivity contribution in [2.24, 2.45) is 17.0 Å². The molecule has 0 aromatic rings. The molecule has 0 heterocycles. The second-order valence-electron chi connectivity index (χ2n) is 2.55. The molecule has 0 aliphatic heterocycles. The van der Waals surface area contributed by atoms with Crippen LogP contribution >= 0.6 is 11.9 Å². The quantitative estimate of drug-likeness (QED) is 0.595. The van der Waals surface area contributed by atoms with Crippen LogP contribution in [0.5, 0.6) is 0 Å². The van der Waals surface area contributed by atoms with Crippen molar-refractivity contribution in [3.8, 4) is 0 Å². The van der Waals surface area contributed by atoms with Crippen LogP contribution in [0.3, 0.4) is 0 Å². The molecule has 0 saturated heterocycles. The van der Waals surface area contributed by atoms with Gasteiger partial charge in [0.15, 0.2) is 0 Å². The topological polar surface area (TPSA) is 26.0 Å². The Hall–Kier alpha value is 0.310. The molecule has 0 rings (SSSR count). The van der Waals surface area contributed by atoms with Crippen molar-refractivity contribution >= 4 is 11.9 Å². The van der Waals surface area contributed by atoms with Crippen molar-refractivity contribution in [3.05, 3.63) is 0 Å². The molecule has 1 atom stereocenters. The van der Waals surface area contributed by atoms with Crippen LogP contribution in [0.15, 0.2) is 0 Å². The summed E-state index contributed by atoms with van der Waals surface area (Å²) in [6.45, 7) is 6.67. The highest BCUT2D eigenvalue weighted by molar-refractivity contribution is 7.97. The lowest BCUT2D eigenvalue weighted by Crippen LogP contribution is -2.07. The Bertz CT molecular complexity index is 54.5.